The van der Waals surface area contributed by atoms with Crippen LogP contribution in [0.2, 0.25) is 0 Å². The van der Waals surface area contributed by atoms with E-state index in [2.05, 4.69) is 27.3 Å². The molecule has 0 aromatic heterocycles. The standard InChI is InChI=1S/C15H13BrN2O2/c1-9(11-5-12(19)7-13(20)6-11)18-15-3-2-10(8-17)4-14(15)16/h2-7,9,18-20H,1H3. The van der Waals surface area contributed by atoms with E-state index in [4.69, 9.17) is 5.26 Å². The summed E-state index contributed by atoms with van der Waals surface area (Å²) in [5.41, 5.74) is 2.17. The SMILES string of the molecule is CC(Nc1ccc(C#N)cc1Br)c1cc(O)cc(O)c1. The van der Waals surface area contributed by atoms with Crippen LogP contribution in [0.25, 0.3) is 0 Å². The summed E-state index contributed by atoms with van der Waals surface area (Å²) in [4.78, 5) is 0. The number of hydrogen-bond acceptors (Lipinski definition) is 4. The topological polar surface area (TPSA) is 76.3 Å². The highest BCUT2D eigenvalue weighted by Crippen LogP contribution is 2.30. The van der Waals surface area contributed by atoms with Gasteiger partial charge in [0, 0.05) is 22.3 Å². The Hall–Kier alpha value is -2.19. The van der Waals surface area contributed by atoms with Crippen LogP contribution in [-0.2, 0) is 0 Å². The lowest BCUT2D eigenvalue weighted by molar-refractivity contribution is 0.448. The van der Waals surface area contributed by atoms with Crippen molar-refractivity contribution in [1.82, 2.24) is 0 Å². The number of anilines is 1. The van der Waals surface area contributed by atoms with Crippen LogP contribution in [0, 0.1) is 11.3 Å². The fourth-order valence-electron chi connectivity index (χ4n) is 1.89. The third kappa shape index (κ3) is 3.22. The van der Waals surface area contributed by atoms with Crippen LogP contribution in [-0.4, -0.2) is 10.2 Å². The average molecular weight is 333 g/mol. The molecule has 1 atom stereocenters. The second-order valence-corrected chi connectivity index (χ2v) is 5.31. The molecule has 4 nitrogen and oxygen atoms in total. The molecule has 3 N–H and O–H groups in total. The van der Waals surface area contributed by atoms with Gasteiger partial charge in [-0.05, 0) is 58.7 Å². The molecular weight excluding hydrogens is 320 g/mol. The summed E-state index contributed by atoms with van der Waals surface area (Å²) >= 11 is 3.41. The average Bonchev–Trinajstić information content (AvgIpc) is 2.39. The summed E-state index contributed by atoms with van der Waals surface area (Å²) in [7, 11) is 0. The van der Waals surface area contributed by atoms with E-state index in [1.165, 1.54) is 6.07 Å². The van der Waals surface area contributed by atoms with E-state index >= 15 is 0 Å². The number of nitriles is 1. The first-order valence-corrected chi connectivity index (χ1v) is 6.78. The number of halogens is 1. The molecule has 20 heavy (non-hydrogen) atoms. The molecule has 0 aliphatic carbocycles. The first kappa shape index (κ1) is 14.2. The highest BCUT2D eigenvalue weighted by molar-refractivity contribution is 9.10. The molecule has 1 unspecified atom stereocenters. The van der Waals surface area contributed by atoms with Gasteiger partial charge in [0.15, 0.2) is 0 Å². The summed E-state index contributed by atoms with van der Waals surface area (Å²) in [5, 5.41) is 31.1. The predicted octanol–water partition coefficient (Wildman–Crippen LogP) is 3.91. The molecule has 102 valence electrons. The van der Waals surface area contributed by atoms with Gasteiger partial charge < -0.3 is 15.5 Å². The van der Waals surface area contributed by atoms with Gasteiger partial charge in [0.2, 0.25) is 0 Å². The van der Waals surface area contributed by atoms with Gasteiger partial charge in [-0.15, -0.1) is 0 Å². The van der Waals surface area contributed by atoms with Crippen LogP contribution in [0.3, 0.4) is 0 Å². The summed E-state index contributed by atoms with van der Waals surface area (Å²) in [6, 6.07) is 11.7. The predicted molar refractivity (Wildman–Crippen MR) is 80.7 cm³/mol. The molecule has 0 spiro atoms. The Morgan fingerprint density at radius 2 is 1.80 bits per heavy atom. The second kappa shape index (κ2) is 5.85. The minimum Gasteiger partial charge on any atom is -0.508 e. The van der Waals surface area contributed by atoms with Crippen LogP contribution in [0.1, 0.15) is 24.1 Å². The van der Waals surface area contributed by atoms with Crippen LogP contribution >= 0.6 is 15.9 Å². The van der Waals surface area contributed by atoms with E-state index in [0.717, 1.165) is 15.7 Å². The Kier molecular flexibility index (Phi) is 4.16. The van der Waals surface area contributed by atoms with Gasteiger partial charge in [-0.2, -0.15) is 5.26 Å². The first-order valence-electron chi connectivity index (χ1n) is 5.98. The molecule has 0 aliphatic heterocycles. The van der Waals surface area contributed by atoms with Crippen molar-refractivity contribution in [1.29, 1.82) is 5.26 Å². The van der Waals surface area contributed by atoms with E-state index in [-0.39, 0.29) is 17.5 Å². The van der Waals surface area contributed by atoms with Crippen LogP contribution < -0.4 is 5.32 Å². The number of benzene rings is 2. The third-order valence-electron chi connectivity index (χ3n) is 2.90. The van der Waals surface area contributed by atoms with Crippen molar-refractivity contribution >= 4 is 21.6 Å². The van der Waals surface area contributed by atoms with Gasteiger partial charge in [0.25, 0.3) is 0 Å². The first-order chi connectivity index (χ1) is 9.49. The van der Waals surface area contributed by atoms with Crippen molar-refractivity contribution in [3.05, 3.63) is 52.0 Å². The van der Waals surface area contributed by atoms with E-state index in [0.29, 0.717) is 5.56 Å². The molecule has 2 rings (SSSR count). The van der Waals surface area contributed by atoms with E-state index in [9.17, 15) is 10.2 Å². The molecule has 2 aromatic rings. The Morgan fingerprint density at radius 3 is 2.35 bits per heavy atom. The van der Waals surface area contributed by atoms with Crippen molar-refractivity contribution in [2.45, 2.75) is 13.0 Å². The number of nitrogens with one attached hydrogen (secondary N) is 1. The Morgan fingerprint density at radius 1 is 1.15 bits per heavy atom. The van der Waals surface area contributed by atoms with Crippen LogP contribution in [0.15, 0.2) is 40.9 Å². The number of hydrogen-bond donors (Lipinski definition) is 3. The van der Waals surface area contributed by atoms with Crippen LogP contribution in [0.4, 0.5) is 5.69 Å². The quantitative estimate of drug-likeness (QED) is 0.796. The molecule has 0 radical (unpaired) electrons. The van der Waals surface area contributed by atoms with Crippen molar-refractivity contribution in [3.8, 4) is 17.6 Å². The van der Waals surface area contributed by atoms with Gasteiger partial charge in [0.1, 0.15) is 11.5 Å². The van der Waals surface area contributed by atoms with Gasteiger partial charge in [-0.3, -0.25) is 0 Å². The molecule has 0 saturated heterocycles. The zero-order valence-electron chi connectivity index (χ0n) is 10.8. The highest BCUT2D eigenvalue weighted by Gasteiger charge is 2.10. The summed E-state index contributed by atoms with van der Waals surface area (Å²) in [5.74, 6) is 0.0417. The smallest absolute Gasteiger partial charge is 0.119 e. The van der Waals surface area contributed by atoms with Crippen molar-refractivity contribution in [2.24, 2.45) is 0 Å². The molecule has 0 saturated carbocycles. The van der Waals surface area contributed by atoms with E-state index in [1.807, 2.05) is 13.0 Å². The lowest BCUT2D eigenvalue weighted by Crippen LogP contribution is -2.07. The number of phenolic OH excluding ortho intramolecular Hbond substituents is 2. The van der Waals surface area contributed by atoms with E-state index < -0.39 is 0 Å². The molecule has 0 fully saturated rings. The molecule has 0 heterocycles. The van der Waals surface area contributed by atoms with Crippen molar-refractivity contribution < 1.29 is 10.2 Å². The molecule has 5 heteroatoms. The van der Waals surface area contributed by atoms with Crippen LogP contribution in [0.5, 0.6) is 11.5 Å². The second-order valence-electron chi connectivity index (χ2n) is 4.46. The van der Waals surface area contributed by atoms with Crippen molar-refractivity contribution in [3.63, 3.8) is 0 Å². The maximum atomic E-state index is 9.50. The number of rotatable bonds is 3. The minimum absolute atomic E-state index is 0.0209. The highest BCUT2D eigenvalue weighted by atomic mass is 79.9. The third-order valence-corrected chi connectivity index (χ3v) is 3.55. The lowest BCUT2D eigenvalue weighted by atomic mass is 10.1. The van der Waals surface area contributed by atoms with E-state index in [1.54, 1.807) is 24.3 Å². The Labute approximate surface area is 125 Å². The number of phenols is 2. The molecule has 0 aliphatic rings. The molecule has 0 bridgehead atoms. The Bertz CT molecular complexity index is 660. The number of aromatic hydroxyl groups is 2. The summed E-state index contributed by atoms with van der Waals surface area (Å²) < 4.78 is 0.785. The molecular formula is C15H13BrN2O2. The van der Waals surface area contributed by atoms with Gasteiger partial charge in [0.05, 0.1) is 11.6 Å². The molecule has 0 amide bonds. The largest absolute Gasteiger partial charge is 0.508 e. The maximum absolute atomic E-state index is 9.50. The van der Waals surface area contributed by atoms with Gasteiger partial charge >= 0.3 is 0 Å². The minimum atomic E-state index is -0.114. The zero-order valence-corrected chi connectivity index (χ0v) is 12.3. The monoisotopic (exact) mass is 332 g/mol. The van der Waals surface area contributed by atoms with Crippen molar-refractivity contribution in [2.75, 3.05) is 5.32 Å². The lowest BCUT2D eigenvalue weighted by Gasteiger charge is -2.17. The Balaban J connectivity index is 2.23. The fraction of sp³-hybridized carbons (Fsp3) is 0.133. The fourth-order valence-corrected chi connectivity index (χ4v) is 2.38. The number of nitrogens with zero attached hydrogens (tertiary/aromatic N) is 1. The summed E-state index contributed by atoms with van der Waals surface area (Å²) in [6.45, 7) is 1.92. The summed E-state index contributed by atoms with van der Waals surface area (Å²) in [6.07, 6.45) is 0. The molecule has 2 aromatic carbocycles. The normalized spacial score (nSPS) is 11.7. The van der Waals surface area contributed by atoms with Gasteiger partial charge in [-0.25, -0.2) is 0 Å². The van der Waals surface area contributed by atoms with Gasteiger partial charge in [-0.1, -0.05) is 0 Å². The maximum Gasteiger partial charge on any atom is 0.119 e. The zero-order chi connectivity index (χ0) is 14.7.